The second kappa shape index (κ2) is 6.98. The quantitative estimate of drug-likeness (QED) is 0.663. The molecule has 0 amide bonds. The summed E-state index contributed by atoms with van der Waals surface area (Å²) in [5, 5.41) is 14.4. The lowest BCUT2D eigenvalue weighted by molar-refractivity contribution is -0.385. The summed E-state index contributed by atoms with van der Waals surface area (Å²) in [6.07, 6.45) is 0.173. The minimum Gasteiger partial charge on any atom is -0.374 e. The Kier molecular flexibility index (Phi) is 5.27. The monoisotopic (exact) mass is 293 g/mol. The molecule has 6 nitrogen and oxygen atoms in total. The molecule has 0 spiro atoms. The summed E-state index contributed by atoms with van der Waals surface area (Å²) >= 11 is 0. The van der Waals surface area contributed by atoms with Gasteiger partial charge >= 0.3 is 0 Å². The van der Waals surface area contributed by atoms with Crippen molar-refractivity contribution in [2.24, 2.45) is 0 Å². The van der Waals surface area contributed by atoms with Gasteiger partial charge in [-0.05, 0) is 26.5 Å². The van der Waals surface area contributed by atoms with Crippen LogP contribution in [-0.2, 0) is 4.74 Å². The molecular formula is C15H23N3O3. The topological polar surface area (TPSA) is 67.6 Å². The van der Waals surface area contributed by atoms with Gasteiger partial charge in [0, 0.05) is 37.3 Å². The first-order chi connectivity index (χ1) is 9.97. The number of morpholine rings is 1. The molecule has 1 N–H and O–H groups in total. The molecule has 116 valence electrons. The first kappa shape index (κ1) is 15.9. The van der Waals surface area contributed by atoms with Crippen molar-refractivity contribution in [3.05, 3.63) is 39.4 Å². The molecular weight excluding hydrogens is 270 g/mol. The molecule has 0 saturated carbocycles. The fraction of sp³-hybridized carbons (Fsp3) is 0.600. The van der Waals surface area contributed by atoms with Crippen LogP contribution in [0.1, 0.15) is 24.1 Å². The third kappa shape index (κ3) is 4.23. The Morgan fingerprint density at radius 2 is 2.33 bits per heavy atom. The Morgan fingerprint density at radius 3 is 3.00 bits per heavy atom. The number of aryl methyl sites for hydroxylation is 1. The van der Waals surface area contributed by atoms with Gasteiger partial charge in [-0.2, -0.15) is 0 Å². The predicted molar refractivity (Wildman–Crippen MR) is 81.5 cm³/mol. The molecule has 1 aromatic carbocycles. The average molecular weight is 293 g/mol. The molecule has 1 aromatic rings. The normalized spacial score (nSPS) is 21.2. The van der Waals surface area contributed by atoms with Gasteiger partial charge < -0.3 is 15.0 Å². The van der Waals surface area contributed by atoms with Gasteiger partial charge in [0.05, 0.1) is 17.6 Å². The van der Waals surface area contributed by atoms with Crippen molar-refractivity contribution in [2.45, 2.75) is 26.0 Å². The number of likely N-dealkylation sites (N-methyl/N-ethyl adjacent to an activating group) is 1. The highest BCUT2D eigenvalue weighted by Gasteiger charge is 2.19. The van der Waals surface area contributed by atoms with Gasteiger partial charge in [0.25, 0.3) is 5.69 Å². The van der Waals surface area contributed by atoms with E-state index in [9.17, 15) is 10.1 Å². The molecule has 2 unspecified atom stereocenters. The van der Waals surface area contributed by atoms with Crippen LogP contribution in [0.15, 0.2) is 18.2 Å². The highest BCUT2D eigenvalue weighted by Crippen LogP contribution is 2.23. The number of hydrogen-bond donors (Lipinski definition) is 1. The summed E-state index contributed by atoms with van der Waals surface area (Å²) in [7, 11) is 2.09. The average Bonchev–Trinajstić information content (AvgIpc) is 2.45. The molecule has 1 aliphatic heterocycles. The highest BCUT2D eigenvalue weighted by atomic mass is 16.6. The van der Waals surface area contributed by atoms with Gasteiger partial charge in [0.2, 0.25) is 0 Å². The molecule has 2 atom stereocenters. The lowest BCUT2D eigenvalue weighted by Gasteiger charge is -2.31. The number of nitrogens with zero attached hydrogens (tertiary/aromatic N) is 2. The number of rotatable bonds is 5. The molecule has 1 fully saturated rings. The van der Waals surface area contributed by atoms with Crippen molar-refractivity contribution < 1.29 is 9.66 Å². The maximum absolute atomic E-state index is 11.0. The Balaban J connectivity index is 1.95. The summed E-state index contributed by atoms with van der Waals surface area (Å²) < 4.78 is 5.70. The zero-order valence-corrected chi connectivity index (χ0v) is 12.8. The smallest absolute Gasteiger partial charge is 0.272 e. The van der Waals surface area contributed by atoms with E-state index in [0.29, 0.717) is 5.56 Å². The van der Waals surface area contributed by atoms with Gasteiger partial charge in [0.1, 0.15) is 0 Å². The van der Waals surface area contributed by atoms with Crippen molar-refractivity contribution in [3.63, 3.8) is 0 Å². The van der Waals surface area contributed by atoms with Crippen LogP contribution in [0, 0.1) is 17.0 Å². The van der Waals surface area contributed by atoms with E-state index in [2.05, 4.69) is 17.3 Å². The fourth-order valence-electron chi connectivity index (χ4n) is 2.51. The van der Waals surface area contributed by atoms with Crippen molar-refractivity contribution >= 4 is 5.69 Å². The third-order valence-electron chi connectivity index (χ3n) is 3.92. The minimum absolute atomic E-state index is 0.0557. The molecule has 0 aliphatic carbocycles. The van der Waals surface area contributed by atoms with E-state index in [-0.39, 0.29) is 22.8 Å². The maximum atomic E-state index is 11.0. The van der Waals surface area contributed by atoms with Crippen molar-refractivity contribution in [1.29, 1.82) is 0 Å². The molecule has 2 rings (SSSR count). The molecule has 21 heavy (non-hydrogen) atoms. The zero-order valence-electron chi connectivity index (χ0n) is 12.8. The molecule has 1 aliphatic rings. The lowest BCUT2D eigenvalue weighted by Crippen LogP contribution is -2.45. The van der Waals surface area contributed by atoms with Crippen LogP contribution in [-0.4, -0.2) is 49.2 Å². The second-order valence-corrected chi connectivity index (χ2v) is 5.69. The Labute approximate surface area is 125 Å². The molecule has 6 heteroatoms. The number of nitro benzene ring substituents is 1. The fourth-order valence-corrected chi connectivity index (χ4v) is 2.51. The van der Waals surface area contributed by atoms with Gasteiger partial charge in [-0.1, -0.05) is 12.1 Å². The van der Waals surface area contributed by atoms with Crippen LogP contribution in [0.2, 0.25) is 0 Å². The van der Waals surface area contributed by atoms with Crippen molar-refractivity contribution in [1.82, 2.24) is 10.2 Å². The van der Waals surface area contributed by atoms with Gasteiger partial charge in [-0.25, -0.2) is 0 Å². The van der Waals surface area contributed by atoms with Crippen LogP contribution < -0.4 is 5.32 Å². The van der Waals surface area contributed by atoms with Crippen molar-refractivity contribution in [3.8, 4) is 0 Å². The Hall–Kier alpha value is -1.50. The molecule has 0 radical (unpaired) electrons. The number of benzene rings is 1. The second-order valence-electron chi connectivity index (χ2n) is 5.69. The van der Waals surface area contributed by atoms with Gasteiger partial charge in [-0.3, -0.25) is 10.1 Å². The van der Waals surface area contributed by atoms with Crippen molar-refractivity contribution in [2.75, 3.05) is 33.3 Å². The van der Waals surface area contributed by atoms with E-state index in [1.807, 2.05) is 13.0 Å². The summed E-state index contributed by atoms with van der Waals surface area (Å²) in [5.74, 6) is 0. The standard InChI is InChI=1S/C15H23N3O3/c1-11-4-5-13(8-15(11)18(19)20)12(2)16-9-14-10-17(3)6-7-21-14/h4-5,8,12,14,16H,6-7,9-10H2,1-3H3. The molecule has 1 saturated heterocycles. The Bertz CT molecular complexity index is 507. The van der Waals surface area contributed by atoms with Crippen LogP contribution in [0.5, 0.6) is 0 Å². The van der Waals surface area contributed by atoms with Crippen LogP contribution in [0.3, 0.4) is 0 Å². The molecule has 0 bridgehead atoms. The first-order valence-electron chi connectivity index (χ1n) is 7.26. The number of ether oxygens (including phenoxy) is 1. The summed E-state index contributed by atoms with van der Waals surface area (Å²) in [6.45, 7) is 7.15. The van der Waals surface area contributed by atoms with Crippen LogP contribution in [0.4, 0.5) is 5.69 Å². The minimum atomic E-state index is -0.329. The maximum Gasteiger partial charge on any atom is 0.272 e. The third-order valence-corrected chi connectivity index (χ3v) is 3.92. The SMILES string of the molecule is Cc1ccc(C(C)NCC2CN(C)CCO2)cc1[N+](=O)[O-]. The van der Waals surface area contributed by atoms with E-state index < -0.39 is 0 Å². The lowest BCUT2D eigenvalue weighted by atomic mass is 10.0. The predicted octanol–water partition coefficient (Wildman–Crippen LogP) is 1.88. The number of hydrogen-bond acceptors (Lipinski definition) is 5. The van der Waals surface area contributed by atoms with Gasteiger partial charge in [-0.15, -0.1) is 0 Å². The summed E-state index contributed by atoms with van der Waals surface area (Å²) in [4.78, 5) is 12.9. The van der Waals surface area contributed by atoms with Gasteiger partial charge in [0.15, 0.2) is 0 Å². The number of nitro groups is 1. The Morgan fingerprint density at radius 1 is 1.57 bits per heavy atom. The molecule has 1 heterocycles. The largest absolute Gasteiger partial charge is 0.374 e. The number of nitrogens with one attached hydrogen (secondary N) is 1. The van der Waals surface area contributed by atoms with Crippen LogP contribution >= 0.6 is 0 Å². The summed E-state index contributed by atoms with van der Waals surface area (Å²) in [5.41, 5.74) is 1.79. The van der Waals surface area contributed by atoms with E-state index >= 15 is 0 Å². The van der Waals surface area contributed by atoms with E-state index in [1.54, 1.807) is 19.1 Å². The summed E-state index contributed by atoms with van der Waals surface area (Å²) in [6, 6.07) is 5.45. The zero-order chi connectivity index (χ0) is 15.4. The van der Waals surface area contributed by atoms with Crippen LogP contribution in [0.25, 0.3) is 0 Å². The van der Waals surface area contributed by atoms with E-state index in [0.717, 1.165) is 31.8 Å². The molecule has 0 aromatic heterocycles. The van der Waals surface area contributed by atoms with E-state index in [1.165, 1.54) is 0 Å². The van der Waals surface area contributed by atoms with E-state index in [4.69, 9.17) is 4.74 Å². The highest BCUT2D eigenvalue weighted by molar-refractivity contribution is 5.43. The first-order valence-corrected chi connectivity index (χ1v) is 7.26.